The second-order valence-electron chi connectivity index (χ2n) is 5.28. The van der Waals surface area contributed by atoms with Crippen LogP contribution in [0.4, 0.5) is 0 Å². The van der Waals surface area contributed by atoms with Gasteiger partial charge in [0.25, 0.3) is 5.91 Å². The molecule has 2 rings (SSSR count). The zero-order valence-corrected chi connectivity index (χ0v) is 12.9. The molecule has 1 atom stereocenters. The Hall–Kier alpha value is -2.52. The lowest BCUT2D eigenvalue weighted by Gasteiger charge is -2.17. The van der Waals surface area contributed by atoms with Gasteiger partial charge < -0.3 is 14.4 Å². The lowest BCUT2D eigenvalue weighted by atomic mass is 10.1. The Morgan fingerprint density at radius 2 is 2.14 bits per heavy atom. The molecule has 0 aliphatic heterocycles. The van der Waals surface area contributed by atoms with Crippen LogP contribution in [-0.4, -0.2) is 40.2 Å². The van der Waals surface area contributed by atoms with E-state index in [0.717, 1.165) is 0 Å². The first-order valence-corrected chi connectivity index (χ1v) is 7.06. The minimum Gasteiger partial charge on any atom is -0.443 e. The van der Waals surface area contributed by atoms with Crippen LogP contribution in [0.3, 0.4) is 0 Å². The van der Waals surface area contributed by atoms with E-state index >= 15 is 0 Å². The first-order valence-electron chi connectivity index (χ1n) is 7.06. The van der Waals surface area contributed by atoms with Crippen LogP contribution < -0.4 is 0 Å². The van der Waals surface area contributed by atoms with E-state index in [1.165, 1.54) is 4.90 Å². The minimum atomic E-state index is -0.480. The third-order valence-electron chi connectivity index (χ3n) is 3.46. The van der Waals surface area contributed by atoms with E-state index in [0.29, 0.717) is 24.6 Å². The summed E-state index contributed by atoms with van der Waals surface area (Å²) in [5.41, 5.74) is 0.502. The first-order chi connectivity index (χ1) is 10.5. The van der Waals surface area contributed by atoms with Gasteiger partial charge in [0.1, 0.15) is 23.0 Å². The number of aliphatic hydroxyl groups is 1. The Balaban J connectivity index is 2.35. The molecule has 0 aromatic carbocycles. The smallest absolute Gasteiger partial charge is 0.258 e. The van der Waals surface area contributed by atoms with Gasteiger partial charge in [-0.05, 0) is 32.4 Å². The number of aromatic nitrogens is 1. The normalized spacial score (nSPS) is 12.0. The summed E-state index contributed by atoms with van der Waals surface area (Å²) >= 11 is 0. The highest BCUT2D eigenvalue weighted by Crippen LogP contribution is 2.26. The monoisotopic (exact) mass is 301 g/mol. The number of hydrogen-bond donors (Lipinski definition) is 1. The molecule has 1 unspecified atom stereocenters. The van der Waals surface area contributed by atoms with Crippen LogP contribution in [0.25, 0.3) is 5.88 Å². The summed E-state index contributed by atoms with van der Waals surface area (Å²) in [7, 11) is 1.65. The molecule has 0 saturated carbocycles. The Labute approximate surface area is 129 Å². The molecule has 0 radical (unpaired) electrons. The third-order valence-corrected chi connectivity index (χ3v) is 3.46. The number of hydrogen-bond acceptors (Lipinski definition) is 4. The quantitative estimate of drug-likeness (QED) is 0.916. The highest BCUT2D eigenvalue weighted by Gasteiger charge is 2.26. The molecule has 6 heteroatoms. The summed E-state index contributed by atoms with van der Waals surface area (Å²) in [6.45, 7) is 3.75. The predicted molar refractivity (Wildman–Crippen MR) is 80.7 cm³/mol. The lowest BCUT2D eigenvalue weighted by Crippen LogP contribution is -2.30. The van der Waals surface area contributed by atoms with Gasteiger partial charge >= 0.3 is 0 Å². The van der Waals surface area contributed by atoms with E-state index in [4.69, 9.17) is 4.42 Å². The Kier molecular flexibility index (Phi) is 4.68. The van der Waals surface area contributed by atoms with E-state index in [-0.39, 0.29) is 17.0 Å². The molecule has 1 amide bonds. The summed E-state index contributed by atoms with van der Waals surface area (Å²) in [5, 5.41) is 18.8. The van der Waals surface area contributed by atoms with Gasteiger partial charge in [0.05, 0.1) is 6.10 Å². The van der Waals surface area contributed by atoms with Crippen molar-refractivity contribution < 1.29 is 14.3 Å². The molecule has 22 heavy (non-hydrogen) atoms. The van der Waals surface area contributed by atoms with E-state index in [1.807, 2.05) is 12.1 Å². The largest absolute Gasteiger partial charge is 0.443 e. The van der Waals surface area contributed by atoms with Crippen LogP contribution in [0.15, 0.2) is 28.9 Å². The van der Waals surface area contributed by atoms with Gasteiger partial charge in [0.15, 0.2) is 0 Å². The first kappa shape index (κ1) is 15.9. The van der Waals surface area contributed by atoms with Crippen molar-refractivity contribution in [3.63, 3.8) is 0 Å². The molecule has 116 valence electrons. The number of nitriles is 1. The minimum absolute atomic E-state index is 0.225. The van der Waals surface area contributed by atoms with E-state index in [1.54, 1.807) is 37.9 Å². The van der Waals surface area contributed by atoms with Gasteiger partial charge in [-0.1, -0.05) is 0 Å². The molecule has 0 bridgehead atoms. The maximum atomic E-state index is 12.6. The number of carbonyl (C=O) groups is 1. The van der Waals surface area contributed by atoms with Crippen LogP contribution >= 0.6 is 0 Å². The molecule has 6 nitrogen and oxygen atoms in total. The zero-order valence-electron chi connectivity index (χ0n) is 12.9. The van der Waals surface area contributed by atoms with Crippen molar-refractivity contribution in [1.29, 1.82) is 5.26 Å². The number of rotatable bonds is 5. The van der Waals surface area contributed by atoms with Crippen molar-refractivity contribution in [1.82, 2.24) is 9.47 Å². The van der Waals surface area contributed by atoms with Crippen molar-refractivity contribution in [3.8, 4) is 12.0 Å². The number of aliphatic hydroxyl groups excluding tert-OH is 1. The second kappa shape index (κ2) is 6.50. The van der Waals surface area contributed by atoms with Gasteiger partial charge in [0.2, 0.25) is 5.88 Å². The van der Waals surface area contributed by atoms with Gasteiger partial charge in [-0.2, -0.15) is 5.26 Å². The summed E-state index contributed by atoms with van der Waals surface area (Å²) in [6.07, 6.45) is 3.51. The molecule has 1 N–H and O–H groups in total. The highest BCUT2D eigenvalue weighted by atomic mass is 16.4. The molecule has 0 aliphatic carbocycles. The molecule has 2 aromatic rings. The zero-order chi connectivity index (χ0) is 16.3. The topological polar surface area (TPSA) is 82.4 Å². The average molecular weight is 301 g/mol. The fraction of sp³-hybridized carbons (Fsp3) is 0.375. The second-order valence-corrected chi connectivity index (χ2v) is 5.28. The van der Waals surface area contributed by atoms with Gasteiger partial charge in [0, 0.05) is 26.0 Å². The maximum Gasteiger partial charge on any atom is 0.258 e. The number of carbonyl (C=O) groups excluding carboxylic acids is 1. The molecule has 0 saturated heterocycles. The number of amides is 1. The molecule has 0 spiro atoms. The fourth-order valence-corrected chi connectivity index (χ4v) is 2.22. The highest BCUT2D eigenvalue weighted by molar-refractivity contribution is 5.98. The molecule has 0 fully saturated rings. The molecule has 0 aliphatic rings. The van der Waals surface area contributed by atoms with Gasteiger partial charge in [-0.15, -0.1) is 0 Å². The Morgan fingerprint density at radius 1 is 1.50 bits per heavy atom. The fourth-order valence-electron chi connectivity index (χ4n) is 2.22. The van der Waals surface area contributed by atoms with Crippen LogP contribution in [-0.2, 0) is 0 Å². The van der Waals surface area contributed by atoms with Crippen LogP contribution in [0, 0.1) is 18.3 Å². The standard InChI is InChI=1S/C16H19N3O3/c1-11(20)6-9-18(3)15(21)14-12(2)22-16(13(14)10-17)19-7-4-5-8-19/h4-5,7-8,11,20H,6,9H2,1-3H3. The van der Waals surface area contributed by atoms with E-state index in [2.05, 4.69) is 6.07 Å². The molecular formula is C16H19N3O3. The predicted octanol–water partition coefficient (Wildman–Crippen LogP) is 2.09. The number of nitrogens with zero attached hydrogens (tertiary/aromatic N) is 3. The third kappa shape index (κ3) is 3.05. The summed E-state index contributed by atoms with van der Waals surface area (Å²) < 4.78 is 7.29. The van der Waals surface area contributed by atoms with Gasteiger partial charge in [-0.3, -0.25) is 9.36 Å². The van der Waals surface area contributed by atoms with E-state index in [9.17, 15) is 15.2 Å². The summed E-state index contributed by atoms with van der Waals surface area (Å²) in [6, 6.07) is 5.69. The van der Waals surface area contributed by atoms with Crippen molar-refractivity contribution in [2.75, 3.05) is 13.6 Å². The lowest BCUT2D eigenvalue weighted by molar-refractivity contribution is 0.0767. The number of aryl methyl sites for hydroxylation is 1. The molecular weight excluding hydrogens is 282 g/mol. The summed E-state index contributed by atoms with van der Waals surface area (Å²) in [4.78, 5) is 14.1. The molecule has 2 aromatic heterocycles. The Morgan fingerprint density at radius 3 is 2.68 bits per heavy atom. The van der Waals surface area contributed by atoms with Crippen LogP contribution in [0.2, 0.25) is 0 Å². The SMILES string of the molecule is Cc1oc(-n2cccc2)c(C#N)c1C(=O)N(C)CCC(C)O. The van der Waals surface area contributed by atoms with Crippen molar-refractivity contribution >= 4 is 5.91 Å². The summed E-state index contributed by atoms with van der Waals surface area (Å²) in [5.74, 6) is 0.475. The maximum absolute atomic E-state index is 12.6. The number of furan rings is 1. The van der Waals surface area contributed by atoms with Crippen molar-refractivity contribution in [2.24, 2.45) is 0 Å². The van der Waals surface area contributed by atoms with Crippen molar-refractivity contribution in [2.45, 2.75) is 26.4 Å². The molecule has 2 heterocycles. The van der Waals surface area contributed by atoms with Crippen LogP contribution in [0.5, 0.6) is 0 Å². The van der Waals surface area contributed by atoms with E-state index < -0.39 is 6.10 Å². The average Bonchev–Trinajstić information content (AvgIpc) is 3.10. The van der Waals surface area contributed by atoms with Crippen molar-refractivity contribution in [3.05, 3.63) is 41.4 Å². The van der Waals surface area contributed by atoms with Crippen LogP contribution in [0.1, 0.15) is 35.0 Å². The Bertz CT molecular complexity index is 693. The van der Waals surface area contributed by atoms with Gasteiger partial charge in [-0.25, -0.2) is 0 Å².